The first-order valence-electron chi connectivity index (χ1n) is 8.63. The molecule has 4 nitrogen and oxygen atoms in total. The lowest BCUT2D eigenvalue weighted by atomic mass is 10.1. The lowest BCUT2D eigenvalue weighted by Gasteiger charge is -2.12. The van der Waals surface area contributed by atoms with Gasteiger partial charge in [0.05, 0.1) is 10.6 Å². The summed E-state index contributed by atoms with van der Waals surface area (Å²) in [6.45, 7) is 1.92. The maximum Gasteiger partial charge on any atom is 0.251 e. The van der Waals surface area contributed by atoms with E-state index in [-0.39, 0.29) is 17.7 Å². The first kappa shape index (κ1) is 17.7. The van der Waals surface area contributed by atoms with Gasteiger partial charge < -0.3 is 5.32 Å². The number of aryl methyl sites for hydroxylation is 1. The summed E-state index contributed by atoms with van der Waals surface area (Å²) in [7, 11) is -3.43. The Kier molecular flexibility index (Phi) is 5.23. The highest BCUT2D eigenvalue weighted by Gasteiger charge is 2.19. The number of hydrogen-bond acceptors (Lipinski definition) is 3. The van der Waals surface area contributed by atoms with Crippen molar-refractivity contribution >= 4 is 15.7 Å². The summed E-state index contributed by atoms with van der Waals surface area (Å²) in [6, 6.07) is 14.0. The monoisotopic (exact) mass is 357 g/mol. The van der Waals surface area contributed by atoms with Crippen molar-refractivity contribution in [3.63, 3.8) is 0 Å². The molecule has 1 fully saturated rings. The summed E-state index contributed by atoms with van der Waals surface area (Å²) in [5.74, 6) is -0.234. The lowest BCUT2D eigenvalue weighted by molar-refractivity contribution is 0.0937. The molecule has 1 saturated carbocycles. The van der Waals surface area contributed by atoms with Gasteiger partial charge in [-0.25, -0.2) is 8.42 Å². The summed E-state index contributed by atoms with van der Waals surface area (Å²) in [5.41, 5.74) is 2.16. The third kappa shape index (κ3) is 4.48. The van der Waals surface area contributed by atoms with Crippen LogP contribution >= 0.6 is 0 Å². The van der Waals surface area contributed by atoms with Crippen LogP contribution in [0.4, 0.5) is 0 Å². The minimum Gasteiger partial charge on any atom is -0.349 e. The van der Waals surface area contributed by atoms with Crippen molar-refractivity contribution in [1.29, 1.82) is 0 Å². The molecule has 2 aromatic rings. The van der Waals surface area contributed by atoms with E-state index in [1.807, 2.05) is 6.92 Å². The van der Waals surface area contributed by atoms with Crippen LogP contribution in [0.1, 0.15) is 47.2 Å². The number of hydrogen-bond donors (Lipinski definition) is 1. The van der Waals surface area contributed by atoms with Gasteiger partial charge in [-0.05, 0) is 49.6 Å². The molecule has 0 radical (unpaired) electrons. The van der Waals surface area contributed by atoms with Gasteiger partial charge in [-0.3, -0.25) is 4.79 Å². The van der Waals surface area contributed by atoms with Gasteiger partial charge in [-0.1, -0.05) is 42.7 Å². The molecule has 132 valence electrons. The van der Waals surface area contributed by atoms with Crippen LogP contribution in [0, 0.1) is 6.92 Å². The van der Waals surface area contributed by atoms with Crippen molar-refractivity contribution in [3.05, 3.63) is 65.2 Å². The normalized spacial score (nSPS) is 15.2. The van der Waals surface area contributed by atoms with E-state index < -0.39 is 9.84 Å². The van der Waals surface area contributed by atoms with E-state index in [4.69, 9.17) is 0 Å². The van der Waals surface area contributed by atoms with E-state index in [2.05, 4.69) is 5.32 Å². The molecule has 0 aromatic heterocycles. The molecular formula is C20H23NO3S. The van der Waals surface area contributed by atoms with Gasteiger partial charge >= 0.3 is 0 Å². The number of carbonyl (C=O) groups is 1. The number of nitrogens with one attached hydrogen (secondary N) is 1. The summed E-state index contributed by atoms with van der Waals surface area (Å²) < 4.78 is 25.1. The summed E-state index contributed by atoms with van der Waals surface area (Å²) in [4.78, 5) is 12.7. The number of benzene rings is 2. The van der Waals surface area contributed by atoms with Crippen LogP contribution in [-0.4, -0.2) is 20.4 Å². The zero-order valence-corrected chi connectivity index (χ0v) is 15.2. The van der Waals surface area contributed by atoms with Gasteiger partial charge in [-0.15, -0.1) is 0 Å². The Morgan fingerprint density at radius 3 is 2.44 bits per heavy atom. The predicted octanol–water partition coefficient (Wildman–Crippen LogP) is 3.64. The first-order chi connectivity index (χ1) is 11.9. The van der Waals surface area contributed by atoms with Crippen LogP contribution in [0.5, 0.6) is 0 Å². The lowest BCUT2D eigenvalue weighted by Crippen LogP contribution is -2.32. The van der Waals surface area contributed by atoms with Crippen molar-refractivity contribution in [3.8, 4) is 0 Å². The Morgan fingerprint density at radius 2 is 1.76 bits per heavy atom. The largest absolute Gasteiger partial charge is 0.349 e. The molecule has 1 aliphatic carbocycles. The average molecular weight is 357 g/mol. The molecule has 0 aliphatic heterocycles. The molecule has 1 N–H and O–H groups in total. The summed E-state index contributed by atoms with van der Waals surface area (Å²) in [6.07, 6.45) is 4.35. The second-order valence-corrected chi connectivity index (χ2v) is 8.72. The van der Waals surface area contributed by atoms with Gasteiger partial charge in [0.2, 0.25) is 0 Å². The highest BCUT2D eigenvalue weighted by atomic mass is 32.2. The Bertz CT molecular complexity index is 851. The Morgan fingerprint density at radius 1 is 1.08 bits per heavy atom. The molecular weight excluding hydrogens is 334 g/mol. The van der Waals surface area contributed by atoms with E-state index >= 15 is 0 Å². The molecule has 1 aliphatic rings. The van der Waals surface area contributed by atoms with Crippen LogP contribution < -0.4 is 5.32 Å². The van der Waals surface area contributed by atoms with E-state index in [1.54, 1.807) is 48.5 Å². The van der Waals surface area contributed by atoms with Gasteiger partial charge in [-0.2, -0.15) is 0 Å². The van der Waals surface area contributed by atoms with E-state index in [0.29, 0.717) is 16.0 Å². The van der Waals surface area contributed by atoms with Crippen LogP contribution in [-0.2, 0) is 15.6 Å². The van der Waals surface area contributed by atoms with Gasteiger partial charge in [0.15, 0.2) is 9.84 Å². The van der Waals surface area contributed by atoms with Gasteiger partial charge in [0, 0.05) is 11.6 Å². The van der Waals surface area contributed by atoms with Crippen LogP contribution in [0.3, 0.4) is 0 Å². The fraction of sp³-hybridized carbons (Fsp3) is 0.350. The van der Waals surface area contributed by atoms with E-state index in [9.17, 15) is 13.2 Å². The molecule has 3 rings (SSSR count). The Balaban J connectivity index is 1.74. The minimum atomic E-state index is -3.43. The quantitative estimate of drug-likeness (QED) is 0.888. The highest BCUT2D eigenvalue weighted by Crippen LogP contribution is 2.20. The molecule has 0 heterocycles. The zero-order valence-electron chi connectivity index (χ0n) is 14.4. The predicted molar refractivity (Wildman–Crippen MR) is 98.2 cm³/mol. The smallest absolute Gasteiger partial charge is 0.251 e. The van der Waals surface area contributed by atoms with E-state index in [0.717, 1.165) is 31.2 Å². The third-order valence-electron chi connectivity index (χ3n) is 4.62. The second kappa shape index (κ2) is 7.40. The van der Waals surface area contributed by atoms with Gasteiger partial charge in [0.1, 0.15) is 0 Å². The molecule has 0 bridgehead atoms. The fourth-order valence-electron chi connectivity index (χ4n) is 3.19. The maximum atomic E-state index is 12.6. The Labute approximate surface area is 149 Å². The first-order valence-corrected chi connectivity index (χ1v) is 10.3. The SMILES string of the molecule is Cc1ccc(S(=O)(=O)Cc2cccc(C(=O)NC3CCCC3)c2)cc1. The number of carbonyl (C=O) groups excluding carboxylic acids is 1. The molecule has 5 heteroatoms. The van der Waals surface area contributed by atoms with Crippen molar-refractivity contribution in [1.82, 2.24) is 5.32 Å². The summed E-state index contributed by atoms with van der Waals surface area (Å²) >= 11 is 0. The topological polar surface area (TPSA) is 63.2 Å². The molecule has 1 amide bonds. The van der Waals surface area contributed by atoms with Crippen LogP contribution in [0.25, 0.3) is 0 Å². The molecule has 0 unspecified atom stereocenters. The number of amides is 1. The Hall–Kier alpha value is -2.14. The van der Waals surface area contributed by atoms with Crippen LogP contribution in [0.2, 0.25) is 0 Å². The maximum absolute atomic E-state index is 12.6. The van der Waals surface area contributed by atoms with Crippen molar-refractivity contribution in [2.24, 2.45) is 0 Å². The molecule has 0 atom stereocenters. The summed E-state index contributed by atoms with van der Waals surface area (Å²) in [5, 5.41) is 3.03. The highest BCUT2D eigenvalue weighted by molar-refractivity contribution is 7.90. The van der Waals surface area contributed by atoms with E-state index in [1.165, 1.54) is 0 Å². The molecule has 0 saturated heterocycles. The minimum absolute atomic E-state index is 0.111. The molecule has 2 aromatic carbocycles. The third-order valence-corrected chi connectivity index (χ3v) is 6.32. The number of sulfone groups is 1. The van der Waals surface area contributed by atoms with Crippen molar-refractivity contribution in [2.45, 2.75) is 49.3 Å². The fourth-order valence-corrected chi connectivity index (χ4v) is 4.53. The molecule has 25 heavy (non-hydrogen) atoms. The second-order valence-electron chi connectivity index (χ2n) is 6.73. The van der Waals surface area contributed by atoms with Crippen LogP contribution in [0.15, 0.2) is 53.4 Å². The van der Waals surface area contributed by atoms with Crippen molar-refractivity contribution < 1.29 is 13.2 Å². The standard InChI is InChI=1S/C20H23NO3S/c1-15-9-11-19(12-10-15)25(23,24)14-16-5-4-6-17(13-16)20(22)21-18-7-2-3-8-18/h4-6,9-13,18H,2-3,7-8,14H2,1H3,(H,21,22). The molecule has 0 spiro atoms. The number of rotatable bonds is 5. The zero-order chi connectivity index (χ0) is 17.9. The van der Waals surface area contributed by atoms with Crippen molar-refractivity contribution in [2.75, 3.05) is 0 Å². The van der Waals surface area contributed by atoms with Gasteiger partial charge in [0.25, 0.3) is 5.91 Å². The average Bonchev–Trinajstić information content (AvgIpc) is 3.08.